The van der Waals surface area contributed by atoms with Crippen molar-refractivity contribution in [2.75, 3.05) is 26.2 Å². The van der Waals surface area contributed by atoms with Crippen LogP contribution in [0.1, 0.15) is 25.7 Å². The molecular formula is C11H20N2O2. The molecule has 2 N–H and O–H groups in total. The maximum absolute atomic E-state index is 11.8. The number of aliphatic hydroxyl groups excluding tert-OH is 1. The van der Waals surface area contributed by atoms with E-state index in [1.807, 2.05) is 4.90 Å². The van der Waals surface area contributed by atoms with Crippen LogP contribution in [-0.2, 0) is 4.79 Å². The van der Waals surface area contributed by atoms with Gasteiger partial charge in [-0.2, -0.15) is 0 Å². The molecule has 0 aromatic carbocycles. The summed E-state index contributed by atoms with van der Waals surface area (Å²) in [5.74, 6) is 0.490. The van der Waals surface area contributed by atoms with Gasteiger partial charge in [-0.3, -0.25) is 4.79 Å². The summed E-state index contributed by atoms with van der Waals surface area (Å²) in [4.78, 5) is 13.7. The predicted molar refractivity (Wildman–Crippen MR) is 57.4 cm³/mol. The molecule has 1 heterocycles. The fourth-order valence-electron chi connectivity index (χ4n) is 2.07. The molecule has 2 fully saturated rings. The molecule has 15 heavy (non-hydrogen) atoms. The number of hydrogen-bond acceptors (Lipinski definition) is 3. The molecule has 1 aliphatic carbocycles. The highest BCUT2D eigenvalue weighted by atomic mass is 16.3. The van der Waals surface area contributed by atoms with Crippen LogP contribution in [0.5, 0.6) is 0 Å². The second-order valence-electron chi connectivity index (χ2n) is 4.69. The Balaban J connectivity index is 1.72. The smallest absolute Gasteiger partial charge is 0.236 e. The molecule has 0 bridgehead atoms. The first-order chi connectivity index (χ1) is 7.29. The second kappa shape index (κ2) is 4.94. The van der Waals surface area contributed by atoms with Crippen molar-refractivity contribution in [1.29, 1.82) is 0 Å². The van der Waals surface area contributed by atoms with E-state index in [1.165, 1.54) is 12.8 Å². The number of nitrogens with one attached hydrogen (secondary N) is 1. The molecule has 86 valence electrons. The lowest BCUT2D eigenvalue weighted by Crippen LogP contribution is -2.45. The van der Waals surface area contributed by atoms with Crippen LogP contribution in [0.2, 0.25) is 0 Å². The quantitative estimate of drug-likeness (QED) is 0.688. The Labute approximate surface area is 90.6 Å². The fraction of sp³-hybridized carbons (Fsp3) is 0.909. The van der Waals surface area contributed by atoms with Gasteiger partial charge in [0, 0.05) is 25.7 Å². The van der Waals surface area contributed by atoms with Crippen molar-refractivity contribution in [2.24, 2.45) is 5.92 Å². The van der Waals surface area contributed by atoms with E-state index in [0.717, 1.165) is 25.9 Å². The number of likely N-dealkylation sites (tertiary alicyclic amines) is 1. The lowest BCUT2D eigenvalue weighted by molar-refractivity contribution is -0.132. The van der Waals surface area contributed by atoms with Crippen LogP contribution < -0.4 is 5.32 Å². The van der Waals surface area contributed by atoms with Crippen molar-refractivity contribution in [2.45, 2.75) is 31.7 Å². The third kappa shape index (κ3) is 3.18. The fourth-order valence-corrected chi connectivity index (χ4v) is 2.07. The maximum atomic E-state index is 11.8. The van der Waals surface area contributed by atoms with Crippen LogP contribution >= 0.6 is 0 Å². The molecule has 2 aliphatic rings. The van der Waals surface area contributed by atoms with E-state index in [2.05, 4.69) is 5.32 Å². The SMILES string of the molecule is O=C(CNC1CC1)N1CCCC(CO)C1. The molecular weight excluding hydrogens is 192 g/mol. The Hall–Kier alpha value is -0.610. The highest BCUT2D eigenvalue weighted by Crippen LogP contribution is 2.19. The minimum atomic E-state index is 0.194. The van der Waals surface area contributed by atoms with Gasteiger partial charge in [0.05, 0.1) is 6.54 Å². The first-order valence-electron chi connectivity index (χ1n) is 5.91. The first-order valence-corrected chi connectivity index (χ1v) is 5.91. The molecule has 1 saturated heterocycles. The Morgan fingerprint density at radius 3 is 2.87 bits per heavy atom. The summed E-state index contributed by atoms with van der Waals surface area (Å²) in [7, 11) is 0. The van der Waals surface area contributed by atoms with Gasteiger partial charge in [-0.1, -0.05) is 0 Å². The third-order valence-electron chi connectivity index (χ3n) is 3.25. The van der Waals surface area contributed by atoms with Crippen molar-refractivity contribution in [1.82, 2.24) is 10.2 Å². The topological polar surface area (TPSA) is 52.6 Å². The lowest BCUT2D eigenvalue weighted by Gasteiger charge is -2.32. The number of nitrogens with zero attached hydrogens (tertiary/aromatic N) is 1. The highest BCUT2D eigenvalue weighted by Gasteiger charge is 2.25. The zero-order valence-corrected chi connectivity index (χ0v) is 9.11. The number of rotatable bonds is 4. The number of carbonyl (C=O) groups excluding carboxylic acids is 1. The molecule has 2 rings (SSSR count). The number of piperidine rings is 1. The van der Waals surface area contributed by atoms with E-state index < -0.39 is 0 Å². The summed E-state index contributed by atoms with van der Waals surface area (Å²) in [5, 5.41) is 12.3. The molecule has 0 radical (unpaired) electrons. The molecule has 0 aromatic rings. The van der Waals surface area contributed by atoms with Gasteiger partial charge in [0.2, 0.25) is 5.91 Å². The summed E-state index contributed by atoms with van der Waals surface area (Å²) < 4.78 is 0. The molecule has 1 amide bonds. The largest absolute Gasteiger partial charge is 0.396 e. The normalized spacial score (nSPS) is 26.7. The van der Waals surface area contributed by atoms with E-state index in [0.29, 0.717) is 18.5 Å². The van der Waals surface area contributed by atoms with Gasteiger partial charge in [0.25, 0.3) is 0 Å². The predicted octanol–water partition coefficient (Wildman–Crippen LogP) is -0.0307. The van der Waals surface area contributed by atoms with Crippen molar-refractivity contribution in [3.05, 3.63) is 0 Å². The average Bonchev–Trinajstić information content (AvgIpc) is 3.10. The van der Waals surface area contributed by atoms with E-state index in [4.69, 9.17) is 5.11 Å². The summed E-state index contributed by atoms with van der Waals surface area (Å²) in [6.07, 6.45) is 4.51. The Bertz CT molecular complexity index is 229. The van der Waals surface area contributed by atoms with Crippen LogP contribution in [0.3, 0.4) is 0 Å². The lowest BCUT2D eigenvalue weighted by atomic mass is 9.99. The van der Waals surface area contributed by atoms with E-state index in [-0.39, 0.29) is 12.5 Å². The van der Waals surface area contributed by atoms with Gasteiger partial charge in [-0.15, -0.1) is 0 Å². The van der Waals surface area contributed by atoms with Crippen LogP contribution in [-0.4, -0.2) is 48.2 Å². The van der Waals surface area contributed by atoms with Crippen molar-refractivity contribution in [3.63, 3.8) is 0 Å². The maximum Gasteiger partial charge on any atom is 0.236 e. The van der Waals surface area contributed by atoms with Crippen LogP contribution in [0.25, 0.3) is 0 Å². The third-order valence-corrected chi connectivity index (χ3v) is 3.25. The number of carbonyl (C=O) groups is 1. The van der Waals surface area contributed by atoms with Gasteiger partial charge < -0.3 is 15.3 Å². The summed E-state index contributed by atoms with van der Waals surface area (Å²) >= 11 is 0. The molecule has 1 atom stereocenters. The molecule has 1 unspecified atom stereocenters. The minimum Gasteiger partial charge on any atom is -0.396 e. The Kier molecular flexibility index (Phi) is 3.59. The first kappa shape index (κ1) is 10.9. The highest BCUT2D eigenvalue weighted by molar-refractivity contribution is 5.78. The second-order valence-corrected chi connectivity index (χ2v) is 4.69. The molecule has 0 spiro atoms. The Morgan fingerprint density at radius 1 is 1.40 bits per heavy atom. The Morgan fingerprint density at radius 2 is 2.20 bits per heavy atom. The van der Waals surface area contributed by atoms with Crippen LogP contribution in [0, 0.1) is 5.92 Å². The summed E-state index contributed by atoms with van der Waals surface area (Å²) in [5.41, 5.74) is 0. The summed E-state index contributed by atoms with van der Waals surface area (Å²) in [6.45, 7) is 2.28. The monoisotopic (exact) mass is 212 g/mol. The zero-order chi connectivity index (χ0) is 10.7. The number of aliphatic hydroxyl groups is 1. The molecule has 0 aromatic heterocycles. The van der Waals surface area contributed by atoms with E-state index in [1.54, 1.807) is 0 Å². The van der Waals surface area contributed by atoms with Gasteiger partial charge >= 0.3 is 0 Å². The number of amides is 1. The molecule has 1 saturated carbocycles. The van der Waals surface area contributed by atoms with Crippen molar-refractivity contribution in [3.8, 4) is 0 Å². The summed E-state index contributed by atoms with van der Waals surface area (Å²) in [6, 6.07) is 0.590. The molecule has 1 aliphatic heterocycles. The van der Waals surface area contributed by atoms with E-state index in [9.17, 15) is 4.79 Å². The van der Waals surface area contributed by atoms with Gasteiger partial charge in [0.15, 0.2) is 0 Å². The molecule has 4 heteroatoms. The van der Waals surface area contributed by atoms with Crippen LogP contribution in [0.4, 0.5) is 0 Å². The van der Waals surface area contributed by atoms with Crippen molar-refractivity contribution >= 4 is 5.91 Å². The van der Waals surface area contributed by atoms with E-state index >= 15 is 0 Å². The van der Waals surface area contributed by atoms with Crippen LogP contribution in [0.15, 0.2) is 0 Å². The van der Waals surface area contributed by atoms with Gasteiger partial charge in [-0.25, -0.2) is 0 Å². The van der Waals surface area contributed by atoms with Crippen molar-refractivity contribution < 1.29 is 9.90 Å². The average molecular weight is 212 g/mol. The zero-order valence-electron chi connectivity index (χ0n) is 9.11. The standard InChI is InChI=1S/C11H20N2O2/c14-8-9-2-1-5-13(7-9)11(15)6-12-10-3-4-10/h9-10,12,14H,1-8H2. The molecule has 4 nitrogen and oxygen atoms in total. The minimum absolute atomic E-state index is 0.194. The van der Waals surface area contributed by atoms with Gasteiger partial charge in [0.1, 0.15) is 0 Å². The number of hydrogen-bond donors (Lipinski definition) is 2. The van der Waals surface area contributed by atoms with Gasteiger partial charge in [-0.05, 0) is 31.6 Å².